The first-order valence-corrected chi connectivity index (χ1v) is 7.93. The summed E-state index contributed by atoms with van der Waals surface area (Å²) in [6.07, 6.45) is -4.16. The molecule has 1 aromatic rings. The molecule has 1 aromatic heterocycles. The zero-order valence-electron chi connectivity index (χ0n) is 13.5. The first kappa shape index (κ1) is 22.4. The Bertz CT molecular complexity index is 451. The van der Waals surface area contributed by atoms with E-state index in [1.807, 2.05) is 11.4 Å². The highest BCUT2D eigenvalue weighted by Gasteiger charge is 2.28. The fraction of sp³-hybridized carbons (Fsp3) is 0.643. The van der Waals surface area contributed by atoms with Crippen molar-refractivity contribution in [2.24, 2.45) is 4.99 Å². The summed E-state index contributed by atoms with van der Waals surface area (Å²) >= 11 is 1.70. The SMILES string of the molecule is CN=C(NCCN(C)CC(F)(F)F)NCC(C)c1cccs1.I. The summed E-state index contributed by atoms with van der Waals surface area (Å²) in [6.45, 7) is 2.62. The largest absolute Gasteiger partial charge is 0.401 e. The van der Waals surface area contributed by atoms with E-state index in [-0.39, 0.29) is 24.0 Å². The van der Waals surface area contributed by atoms with E-state index in [0.717, 1.165) is 6.54 Å². The fourth-order valence-electron chi connectivity index (χ4n) is 1.89. The number of nitrogens with one attached hydrogen (secondary N) is 2. The van der Waals surface area contributed by atoms with Crippen LogP contribution in [0, 0.1) is 0 Å². The molecule has 9 heteroatoms. The minimum Gasteiger partial charge on any atom is -0.356 e. The number of rotatable bonds is 7. The molecule has 23 heavy (non-hydrogen) atoms. The molecule has 0 aliphatic carbocycles. The maximum Gasteiger partial charge on any atom is 0.401 e. The van der Waals surface area contributed by atoms with E-state index in [4.69, 9.17) is 0 Å². The second-order valence-electron chi connectivity index (χ2n) is 5.15. The standard InChI is InChI=1S/C14H23F3N4S.HI/c1-11(12-5-4-8-22-12)9-20-13(18-2)19-6-7-21(3)10-14(15,16)17;/h4-5,8,11H,6-7,9-10H2,1-3H3,(H2,18,19,20);1H. The van der Waals surface area contributed by atoms with E-state index in [2.05, 4.69) is 28.6 Å². The van der Waals surface area contributed by atoms with Gasteiger partial charge in [-0.1, -0.05) is 13.0 Å². The summed E-state index contributed by atoms with van der Waals surface area (Å²) in [5, 5.41) is 8.24. The van der Waals surface area contributed by atoms with E-state index < -0.39 is 12.7 Å². The van der Waals surface area contributed by atoms with Crippen molar-refractivity contribution in [2.45, 2.75) is 19.0 Å². The molecule has 0 saturated heterocycles. The van der Waals surface area contributed by atoms with Crippen LogP contribution in [0.15, 0.2) is 22.5 Å². The molecular formula is C14H24F3IN4S. The number of hydrogen-bond acceptors (Lipinski definition) is 3. The molecule has 134 valence electrons. The third kappa shape index (κ3) is 10.0. The van der Waals surface area contributed by atoms with Gasteiger partial charge in [0.05, 0.1) is 6.54 Å². The van der Waals surface area contributed by atoms with Crippen LogP contribution in [-0.4, -0.2) is 57.3 Å². The quantitative estimate of drug-likeness (QED) is 0.370. The maximum atomic E-state index is 12.2. The Morgan fingerprint density at radius 2 is 2.09 bits per heavy atom. The summed E-state index contributed by atoms with van der Waals surface area (Å²) in [7, 11) is 3.09. The van der Waals surface area contributed by atoms with E-state index in [0.29, 0.717) is 25.0 Å². The fourth-order valence-corrected chi connectivity index (χ4v) is 2.68. The summed E-state index contributed by atoms with van der Waals surface area (Å²) in [6, 6.07) is 4.10. The normalized spacial score (nSPS) is 13.6. The lowest BCUT2D eigenvalue weighted by atomic mass is 10.1. The van der Waals surface area contributed by atoms with Gasteiger partial charge in [0, 0.05) is 37.5 Å². The van der Waals surface area contributed by atoms with Crippen LogP contribution in [0.3, 0.4) is 0 Å². The third-order valence-corrected chi connectivity index (χ3v) is 4.17. The minimum atomic E-state index is -4.16. The van der Waals surface area contributed by atoms with E-state index in [1.54, 1.807) is 18.4 Å². The molecule has 0 fully saturated rings. The molecule has 0 radical (unpaired) electrons. The summed E-state index contributed by atoms with van der Waals surface area (Å²) < 4.78 is 36.6. The first-order valence-electron chi connectivity index (χ1n) is 7.05. The second kappa shape index (κ2) is 11.1. The van der Waals surface area contributed by atoms with Gasteiger partial charge in [-0.2, -0.15) is 13.2 Å². The first-order chi connectivity index (χ1) is 10.3. The van der Waals surface area contributed by atoms with Crippen molar-refractivity contribution in [1.82, 2.24) is 15.5 Å². The highest BCUT2D eigenvalue weighted by atomic mass is 127. The monoisotopic (exact) mass is 464 g/mol. The van der Waals surface area contributed by atoms with Crippen molar-refractivity contribution in [3.8, 4) is 0 Å². The van der Waals surface area contributed by atoms with Gasteiger partial charge in [0.25, 0.3) is 0 Å². The third-order valence-electron chi connectivity index (χ3n) is 3.06. The van der Waals surface area contributed by atoms with Crippen LogP contribution in [0.4, 0.5) is 13.2 Å². The van der Waals surface area contributed by atoms with Crippen LogP contribution in [0.25, 0.3) is 0 Å². The lowest BCUT2D eigenvalue weighted by Crippen LogP contribution is -2.43. The molecular weight excluding hydrogens is 440 g/mol. The number of hydrogen-bond donors (Lipinski definition) is 2. The lowest BCUT2D eigenvalue weighted by Gasteiger charge is -2.20. The number of alkyl halides is 3. The number of likely N-dealkylation sites (N-methyl/N-ethyl adjacent to an activating group) is 1. The molecule has 0 amide bonds. The Morgan fingerprint density at radius 1 is 1.39 bits per heavy atom. The van der Waals surface area contributed by atoms with Gasteiger partial charge in [-0.05, 0) is 18.5 Å². The molecule has 0 aliphatic heterocycles. The van der Waals surface area contributed by atoms with Gasteiger partial charge in [0.1, 0.15) is 0 Å². The van der Waals surface area contributed by atoms with Crippen molar-refractivity contribution < 1.29 is 13.2 Å². The topological polar surface area (TPSA) is 39.7 Å². The van der Waals surface area contributed by atoms with Gasteiger partial charge in [-0.15, -0.1) is 35.3 Å². The number of aliphatic imine (C=N–C) groups is 1. The molecule has 0 spiro atoms. The Hall–Kier alpha value is -0.550. The number of halogens is 4. The molecule has 1 heterocycles. The van der Waals surface area contributed by atoms with Gasteiger partial charge < -0.3 is 10.6 Å². The minimum absolute atomic E-state index is 0. The molecule has 1 rings (SSSR count). The van der Waals surface area contributed by atoms with Crippen molar-refractivity contribution in [3.05, 3.63) is 22.4 Å². The van der Waals surface area contributed by atoms with Crippen LogP contribution in [-0.2, 0) is 0 Å². The van der Waals surface area contributed by atoms with E-state index in [1.165, 1.54) is 16.8 Å². The predicted molar refractivity (Wildman–Crippen MR) is 101 cm³/mol. The Labute approximate surface area is 156 Å². The molecule has 0 saturated carbocycles. The Morgan fingerprint density at radius 3 is 2.61 bits per heavy atom. The molecule has 0 bridgehead atoms. The molecule has 1 unspecified atom stereocenters. The summed E-state index contributed by atoms with van der Waals surface area (Å²) in [4.78, 5) is 6.59. The maximum absolute atomic E-state index is 12.2. The van der Waals surface area contributed by atoms with Crippen LogP contribution >= 0.6 is 35.3 Å². The Balaban J connectivity index is 0.00000484. The Kier molecular flexibility index (Phi) is 10.8. The van der Waals surface area contributed by atoms with Crippen LogP contribution < -0.4 is 10.6 Å². The lowest BCUT2D eigenvalue weighted by molar-refractivity contribution is -0.142. The number of nitrogens with zero attached hydrogens (tertiary/aromatic N) is 2. The van der Waals surface area contributed by atoms with Crippen molar-refractivity contribution >= 4 is 41.3 Å². The predicted octanol–water partition coefficient (Wildman–Crippen LogP) is 3.13. The van der Waals surface area contributed by atoms with Crippen molar-refractivity contribution in [3.63, 3.8) is 0 Å². The smallest absolute Gasteiger partial charge is 0.356 e. The summed E-state index contributed by atoms with van der Waals surface area (Å²) in [5.41, 5.74) is 0. The number of guanidine groups is 1. The van der Waals surface area contributed by atoms with Crippen LogP contribution in [0.2, 0.25) is 0 Å². The second-order valence-corrected chi connectivity index (χ2v) is 6.13. The molecule has 0 aromatic carbocycles. The average Bonchev–Trinajstić information content (AvgIpc) is 2.94. The zero-order valence-corrected chi connectivity index (χ0v) is 16.6. The molecule has 0 aliphatic rings. The zero-order chi connectivity index (χ0) is 16.6. The van der Waals surface area contributed by atoms with Crippen molar-refractivity contribution in [1.29, 1.82) is 0 Å². The summed E-state index contributed by atoms with van der Waals surface area (Å²) in [5.74, 6) is 0.954. The van der Waals surface area contributed by atoms with E-state index in [9.17, 15) is 13.2 Å². The van der Waals surface area contributed by atoms with Gasteiger partial charge in [0.15, 0.2) is 5.96 Å². The molecule has 2 N–H and O–H groups in total. The van der Waals surface area contributed by atoms with E-state index >= 15 is 0 Å². The van der Waals surface area contributed by atoms with Gasteiger partial charge in [-0.25, -0.2) is 0 Å². The number of thiophene rings is 1. The highest BCUT2D eigenvalue weighted by molar-refractivity contribution is 14.0. The van der Waals surface area contributed by atoms with Crippen LogP contribution in [0.1, 0.15) is 17.7 Å². The average molecular weight is 464 g/mol. The van der Waals surface area contributed by atoms with Gasteiger partial charge >= 0.3 is 6.18 Å². The van der Waals surface area contributed by atoms with Crippen LogP contribution in [0.5, 0.6) is 0 Å². The molecule has 4 nitrogen and oxygen atoms in total. The highest BCUT2D eigenvalue weighted by Crippen LogP contribution is 2.19. The van der Waals surface area contributed by atoms with Gasteiger partial charge in [0.2, 0.25) is 0 Å². The van der Waals surface area contributed by atoms with Crippen molar-refractivity contribution in [2.75, 3.05) is 40.3 Å². The van der Waals surface area contributed by atoms with Gasteiger partial charge in [-0.3, -0.25) is 9.89 Å². The molecule has 1 atom stereocenters.